The van der Waals surface area contributed by atoms with Gasteiger partial charge in [-0.3, -0.25) is 4.79 Å². The summed E-state index contributed by atoms with van der Waals surface area (Å²) in [4.78, 5) is 18.5. The highest BCUT2D eigenvalue weighted by Crippen LogP contribution is 2.43. The fourth-order valence-electron chi connectivity index (χ4n) is 3.08. The lowest BCUT2D eigenvalue weighted by Crippen LogP contribution is -2.42. The van der Waals surface area contributed by atoms with Gasteiger partial charge in [0.1, 0.15) is 5.54 Å². The number of aromatic nitrogens is 1. The first-order chi connectivity index (χ1) is 11.3. The number of nitrogens with one attached hydrogen (secondary N) is 2. The summed E-state index contributed by atoms with van der Waals surface area (Å²) in [5.41, 5.74) is 0.362. The SMILES string of the molecule is Cl.O=C(NC1=N[C@@]2(c3ccns3)CNC[C@H]2CS1)c1ccccc1. The maximum absolute atomic E-state index is 12.4. The van der Waals surface area contributed by atoms with Crippen LogP contribution < -0.4 is 10.6 Å². The molecule has 126 valence electrons. The van der Waals surface area contributed by atoms with Gasteiger partial charge in [-0.15, -0.1) is 12.4 Å². The van der Waals surface area contributed by atoms with Crippen LogP contribution in [0, 0.1) is 5.92 Å². The molecule has 24 heavy (non-hydrogen) atoms. The Balaban J connectivity index is 0.00000169. The van der Waals surface area contributed by atoms with Crippen LogP contribution in [0.15, 0.2) is 47.6 Å². The first-order valence-electron chi connectivity index (χ1n) is 7.49. The molecule has 1 amide bonds. The highest BCUT2D eigenvalue weighted by atomic mass is 35.5. The summed E-state index contributed by atoms with van der Waals surface area (Å²) >= 11 is 3.12. The van der Waals surface area contributed by atoms with Gasteiger partial charge in [-0.2, -0.15) is 0 Å². The van der Waals surface area contributed by atoms with E-state index >= 15 is 0 Å². The number of halogens is 1. The topological polar surface area (TPSA) is 66.4 Å². The molecule has 0 aliphatic carbocycles. The molecule has 2 aliphatic heterocycles. The molecule has 0 radical (unpaired) electrons. The van der Waals surface area contributed by atoms with Crippen molar-refractivity contribution in [2.75, 3.05) is 18.8 Å². The average Bonchev–Trinajstić information content (AvgIpc) is 3.25. The van der Waals surface area contributed by atoms with Crippen molar-refractivity contribution in [3.05, 3.63) is 53.0 Å². The molecule has 2 N–H and O–H groups in total. The summed E-state index contributed by atoms with van der Waals surface area (Å²) in [5.74, 6) is 1.27. The number of amides is 1. The molecule has 5 nitrogen and oxygen atoms in total. The third kappa shape index (κ3) is 3.09. The van der Waals surface area contributed by atoms with Gasteiger partial charge in [0.15, 0.2) is 5.17 Å². The van der Waals surface area contributed by atoms with Gasteiger partial charge < -0.3 is 10.6 Å². The number of aliphatic imine (C=N–C) groups is 1. The molecule has 1 aromatic heterocycles. The molecule has 4 rings (SSSR count). The van der Waals surface area contributed by atoms with Crippen LogP contribution in [-0.2, 0) is 5.54 Å². The first-order valence-corrected chi connectivity index (χ1v) is 9.25. The van der Waals surface area contributed by atoms with Crippen molar-refractivity contribution in [2.45, 2.75) is 5.54 Å². The summed E-state index contributed by atoms with van der Waals surface area (Å²) in [6, 6.07) is 11.3. The lowest BCUT2D eigenvalue weighted by Gasteiger charge is -2.34. The van der Waals surface area contributed by atoms with E-state index in [1.165, 1.54) is 16.4 Å². The molecule has 2 aromatic rings. The zero-order valence-electron chi connectivity index (χ0n) is 12.8. The molecular formula is C16H17ClN4OS2. The predicted octanol–water partition coefficient (Wildman–Crippen LogP) is 2.51. The quantitative estimate of drug-likeness (QED) is 0.840. The highest BCUT2D eigenvalue weighted by molar-refractivity contribution is 8.13. The molecule has 1 saturated heterocycles. The van der Waals surface area contributed by atoms with Crippen LogP contribution in [0.5, 0.6) is 0 Å². The monoisotopic (exact) mass is 380 g/mol. The fraction of sp³-hybridized carbons (Fsp3) is 0.312. The number of benzene rings is 1. The number of carbonyl (C=O) groups excluding carboxylic acids is 1. The molecule has 0 bridgehead atoms. The second-order valence-corrected chi connectivity index (χ2v) is 7.52. The van der Waals surface area contributed by atoms with E-state index in [4.69, 9.17) is 4.99 Å². The molecule has 1 fully saturated rings. The van der Waals surface area contributed by atoms with Gasteiger partial charge in [-0.25, -0.2) is 9.37 Å². The van der Waals surface area contributed by atoms with Crippen molar-refractivity contribution in [1.29, 1.82) is 0 Å². The van der Waals surface area contributed by atoms with E-state index in [-0.39, 0.29) is 23.9 Å². The van der Waals surface area contributed by atoms with E-state index < -0.39 is 0 Å². The molecule has 0 unspecified atom stereocenters. The van der Waals surface area contributed by atoms with E-state index in [0.717, 1.165) is 18.8 Å². The highest BCUT2D eigenvalue weighted by Gasteiger charge is 2.48. The summed E-state index contributed by atoms with van der Waals surface area (Å²) in [5, 5.41) is 7.11. The second-order valence-electron chi connectivity index (χ2n) is 5.68. The van der Waals surface area contributed by atoms with Crippen molar-refractivity contribution < 1.29 is 4.79 Å². The minimum atomic E-state index is -0.286. The van der Waals surface area contributed by atoms with Gasteiger partial charge in [-0.1, -0.05) is 30.0 Å². The van der Waals surface area contributed by atoms with Crippen molar-refractivity contribution in [2.24, 2.45) is 10.9 Å². The van der Waals surface area contributed by atoms with E-state index in [0.29, 0.717) is 16.6 Å². The Kier molecular flexibility index (Phi) is 5.24. The Hall–Kier alpha value is -1.41. The Morgan fingerprint density at radius 2 is 2.12 bits per heavy atom. The number of amidine groups is 1. The van der Waals surface area contributed by atoms with Gasteiger partial charge in [-0.05, 0) is 29.7 Å². The molecule has 3 heterocycles. The van der Waals surface area contributed by atoms with E-state index in [1.54, 1.807) is 11.8 Å². The van der Waals surface area contributed by atoms with Gasteiger partial charge in [0.25, 0.3) is 5.91 Å². The van der Waals surface area contributed by atoms with Gasteiger partial charge in [0.05, 0.1) is 4.88 Å². The number of fused-ring (bicyclic) bond motifs is 1. The molecule has 0 saturated carbocycles. The average molecular weight is 381 g/mol. The van der Waals surface area contributed by atoms with Crippen LogP contribution >= 0.6 is 35.7 Å². The van der Waals surface area contributed by atoms with Crippen LogP contribution in [0.4, 0.5) is 0 Å². The molecule has 1 aromatic carbocycles. The van der Waals surface area contributed by atoms with E-state index in [1.807, 2.05) is 42.6 Å². The largest absolute Gasteiger partial charge is 0.314 e. The lowest BCUT2D eigenvalue weighted by atomic mass is 9.87. The maximum Gasteiger partial charge on any atom is 0.257 e. The smallest absolute Gasteiger partial charge is 0.257 e. The van der Waals surface area contributed by atoms with Crippen molar-refractivity contribution >= 4 is 46.8 Å². The lowest BCUT2D eigenvalue weighted by molar-refractivity contribution is 0.0977. The van der Waals surface area contributed by atoms with Crippen molar-refractivity contribution in [1.82, 2.24) is 15.0 Å². The molecular weight excluding hydrogens is 364 g/mol. The molecule has 8 heteroatoms. The standard InChI is InChI=1S/C16H16N4OS2.ClH/c21-14(11-4-2-1-3-5-11)19-15-20-16(13-6-7-18-23-13)10-17-8-12(16)9-22-15;/h1-7,12,17H,8-10H2,(H,19,20,21);1H/t12-,16-;/m0./s1. The van der Waals surface area contributed by atoms with Crippen LogP contribution in [0.3, 0.4) is 0 Å². The summed E-state index contributed by atoms with van der Waals surface area (Å²) in [6.07, 6.45) is 1.82. The van der Waals surface area contributed by atoms with Crippen LogP contribution in [0.25, 0.3) is 0 Å². The Morgan fingerprint density at radius 3 is 2.88 bits per heavy atom. The van der Waals surface area contributed by atoms with Crippen LogP contribution in [0.1, 0.15) is 15.2 Å². The number of nitrogens with zero attached hydrogens (tertiary/aromatic N) is 2. The summed E-state index contributed by atoms with van der Waals surface area (Å²) in [6.45, 7) is 1.75. The summed E-state index contributed by atoms with van der Waals surface area (Å²) in [7, 11) is 0. The zero-order valence-corrected chi connectivity index (χ0v) is 15.2. The first kappa shape index (κ1) is 17.4. The number of hydrogen-bond donors (Lipinski definition) is 2. The second kappa shape index (κ2) is 7.23. The van der Waals surface area contributed by atoms with Gasteiger partial charge in [0, 0.05) is 36.5 Å². The third-order valence-corrected chi connectivity index (χ3v) is 6.25. The molecule has 2 atom stereocenters. The van der Waals surface area contributed by atoms with Crippen LogP contribution in [0.2, 0.25) is 0 Å². The fourth-order valence-corrected chi connectivity index (χ4v) is 5.02. The molecule has 0 spiro atoms. The number of rotatable bonds is 2. The summed E-state index contributed by atoms with van der Waals surface area (Å²) < 4.78 is 4.24. The maximum atomic E-state index is 12.4. The van der Waals surface area contributed by atoms with Crippen LogP contribution in [-0.4, -0.2) is 34.3 Å². The Labute approximate surface area is 154 Å². The van der Waals surface area contributed by atoms with Gasteiger partial charge >= 0.3 is 0 Å². The Morgan fingerprint density at radius 1 is 1.29 bits per heavy atom. The van der Waals surface area contributed by atoms with E-state index in [2.05, 4.69) is 15.0 Å². The Bertz CT molecular complexity index is 738. The number of carbonyl (C=O) groups is 1. The normalized spacial score (nSPS) is 25.3. The number of thioether (sulfide) groups is 1. The zero-order chi connectivity index (χ0) is 15.7. The number of hydrogen-bond acceptors (Lipinski definition) is 6. The van der Waals surface area contributed by atoms with Crippen molar-refractivity contribution in [3.63, 3.8) is 0 Å². The molecule has 2 aliphatic rings. The van der Waals surface area contributed by atoms with E-state index in [9.17, 15) is 4.79 Å². The predicted molar refractivity (Wildman–Crippen MR) is 101 cm³/mol. The third-order valence-electron chi connectivity index (χ3n) is 4.30. The van der Waals surface area contributed by atoms with Gasteiger partial charge in [0.2, 0.25) is 0 Å². The minimum absolute atomic E-state index is 0. The van der Waals surface area contributed by atoms with Crippen molar-refractivity contribution in [3.8, 4) is 0 Å². The minimum Gasteiger partial charge on any atom is -0.314 e.